The molecule has 184 valence electrons. The summed E-state index contributed by atoms with van der Waals surface area (Å²) in [5.41, 5.74) is 1.04. The molecule has 0 spiro atoms. The lowest BCUT2D eigenvalue weighted by atomic mass is 9.82. The Labute approximate surface area is 196 Å². The molecule has 3 fully saturated rings. The van der Waals surface area contributed by atoms with Gasteiger partial charge in [-0.3, -0.25) is 4.79 Å². The highest BCUT2D eigenvalue weighted by atomic mass is 32.2. The van der Waals surface area contributed by atoms with Crippen LogP contribution in [-0.4, -0.2) is 70.5 Å². The van der Waals surface area contributed by atoms with E-state index in [9.17, 15) is 17.6 Å². The number of nitrogens with zero attached hydrogens (tertiary/aromatic N) is 1. The monoisotopic (exact) mass is 482 g/mol. The van der Waals surface area contributed by atoms with Gasteiger partial charge >= 0.3 is 0 Å². The molecule has 1 aliphatic carbocycles. The number of carbonyl (C=O) groups is 1. The Morgan fingerprint density at radius 3 is 2.67 bits per heavy atom. The third-order valence-electron chi connectivity index (χ3n) is 7.23. The molecule has 1 aromatic rings. The maximum Gasteiger partial charge on any atom is 0.228 e. The fourth-order valence-corrected chi connectivity index (χ4v) is 6.26. The molecule has 0 bridgehead atoms. The van der Waals surface area contributed by atoms with Crippen molar-refractivity contribution in [1.29, 1.82) is 0 Å². The third-order valence-corrected chi connectivity index (χ3v) is 7.96. The molecule has 9 heteroatoms. The van der Waals surface area contributed by atoms with E-state index in [-0.39, 0.29) is 35.7 Å². The van der Waals surface area contributed by atoms with Crippen LogP contribution in [0.15, 0.2) is 24.3 Å². The lowest BCUT2D eigenvalue weighted by Crippen LogP contribution is -2.54. The van der Waals surface area contributed by atoms with Gasteiger partial charge in [0.25, 0.3) is 0 Å². The number of hydrogen-bond acceptors (Lipinski definition) is 5. The number of rotatable bonds is 7. The van der Waals surface area contributed by atoms with Crippen molar-refractivity contribution in [3.63, 3.8) is 0 Å². The van der Waals surface area contributed by atoms with E-state index in [1.807, 2.05) is 11.0 Å². The molecule has 2 aliphatic heterocycles. The molecule has 1 saturated carbocycles. The average Bonchev–Trinajstić information content (AvgIpc) is 3.32. The van der Waals surface area contributed by atoms with Crippen molar-refractivity contribution in [3.8, 4) is 0 Å². The predicted molar refractivity (Wildman–Crippen MR) is 123 cm³/mol. The van der Waals surface area contributed by atoms with Gasteiger partial charge in [-0.05, 0) is 62.1 Å². The second-order valence-corrected chi connectivity index (χ2v) is 11.5. The minimum atomic E-state index is -3.35. The summed E-state index contributed by atoms with van der Waals surface area (Å²) in [5.74, 6) is 0.0585. The van der Waals surface area contributed by atoms with Crippen LogP contribution in [0.3, 0.4) is 0 Å². The third kappa shape index (κ3) is 6.74. The molecule has 1 N–H and O–H groups in total. The van der Waals surface area contributed by atoms with E-state index in [1.165, 1.54) is 12.3 Å². The summed E-state index contributed by atoms with van der Waals surface area (Å²) in [7, 11) is -3.35. The van der Waals surface area contributed by atoms with E-state index in [0.29, 0.717) is 45.2 Å². The molecule has 0 aromatic heterocycles. The number of amides is 1. The van der Waals surface area contributed by atoms with Crippen molar-refractivity contribution < 1.29 is 27.1 Å². The molecule has 33 heavy (non-hydrogen) atoms. The lowest BCUT2D eigenvalue weighted by Gasteiger charge is -2.40. The summed E-state index contributed by atoms with van der Waals surface area (Å²) < 4.78 is 51.7. The van der Waals surface area contributed by atoms with Crippen LogP contribution in [0, 0.1) is 17.7 Å². The van der Waals surface area contributed by atoms with Crippen molar-refractivity contribution in [2.24, 2.45) is 11.8 Å². The van der Waals surface area contributed by atoms with E-state index in [0.717, 1.165) is 37.7 Å². The Morgan fingerprint density at radius 1 is 1.21 bits per heavy atom. The fraction of sp³-hybridized carbons (Fsp3) is 0.708. The molecule has 2 heterocycles. The average molecular weight is 483 g/mol. The van der Waals surface area contributed by atoms with E-state index < -0.39 is 10.0 Å². The van der Waals surface area contributed by atoms with Crippen LogP contribution in [0.4, 0.5) is 4.39 Å². The van der Waals surface area contributed by atoms with Gasteiger partial charge in [0.2, 0.25) is 15.9 Å². The number of ether oxygens (including phenoxy) is 2. The molecule has 7 nitrogen and oxygen atoms in total. The number of halogens is 1. The second-order valence-electron chi connectivity index (χ2n) is 9.75. The second kappa shape index (κ2) is 10.8. The standard InChI is InChI=1S/C24H35FN2O5S/c1-33(29,30)26-23-9-11-27(24(28)19-10-12-31-15-19)14-20(23)16-32-22-7-5-17(6-8-22)18-3-2-4-21(25)13-18/h2-4,13,17,19-20,22-23,26H,5-12,14-16H2,1H3/t17?,19-,20-,22?,23-/m0/s1. The molecule has 0 radical (unpaired) electrons. The number of carbonyl (C=O) groups excluding carboxylic acids is 1. The van der Waals surface area contributed by atoms with Crippen LogP contribution in [0.5, 0.6) is 0 Å². The van der Waals surface area contributed by atoms with Crippen LogP contribution in [0.1, 0.15) is 50.0 Å². The van der Waals surface area contributed by atoms with E-state index in [4.69, 9.17) is 9.47 Å². The largest absolute Gasteiger partial charge is 0.381 e. The van der Waals surface area contributed by atoms with Crippen LogP contribution >= 0.6 is 0 Å². The lowest BCUT2D eigenvalue weighted by molar-refractivity contribution is -0.138. The maximum absolute atomic E-state index is 13.6. The number of sulfonamides is 1. The van der Waals surface area contributed by atoms with Crippen LogP contribution < -0.4 is 4.72 Å². The van der Waals surface area contributed by atoms with Crippen molar-refractivity contribution in [2.75, 3.05) is 39.2 Å². The van der Waals surface area contributed by atoms with Crippen LogP contribution in [-0.2, 0) is 24.3 Å². The quantitative estimate of drug-likeness (QED) is 0.646. The van der Waals surface area contributed by atoms with Gasteiger partial charge in [-0.15, -0.1) is 0 Å². The van der Waals surface area contributed by atoms with Gasteiger partial charge in [-0.2, -0.15) is 0 Å². The summed E-state index contributed by atoms with van der Waals surface area (Å²) in [4.78, 5) is 14.7. The maximum atomic E-state index is 13.6. The molecule has 1 aromatic carbocycles. The number of likely N-dealkylation sites (tertiary alicyclic amines) is 1. The summed E-state index contributed by atoms with van der Waals surface area (Å²) in [6.07, 6.45) is 6.25. The fourth-order valence-electron chi connectivity index (χ4n) is 5.40. The zero-order chi connectivity index (χ0) is 23.4. The summed E-state index contributed by atoms with van der Waals surface area (Å²) in [6, 6.07) is 6.59. The molecular weight excluding hydrogens is 447 g/mol. The van der Waals surface area contributed by atoms with Crippen molar-refractivity contribution in [3.05, 3.63) is 35.6 Å². The Balaban J connectivity index is 1.32. The molecule has 0 unspecified atom stereocenters. The van der Waals surface area contributed by atoms with Gasteiger partial charge < -0.3 is 14.4 Å². The Hall–Kier alpha value is -1.55. The minimum Gasteiger partial charge on any atom is -0.381 e. The first-order valence-corrected chi connectivity index (χ1v) is 13.9. The molecular formula is C24H35FN2O5S. The Bertz CT molecular complexity index is 913. The normalized spacial score (nSPS) is 31.0. The topological polar surface area (TPSA) is 84.9 Å². The van der Waals surface area contributed by atoms with E-state index >= 15 is 0 Å². The minimum absolute atomic E-state index is 0.0934. The van der Waals surface area contributed by atoms with Crippen molar-refractivity contribution in [1.82, 2.24) is 9.62 Å². The molecule has 4 rings (SSSR count). The first-order valence-electron chi connectivity index (χ1n) is 12.0. The highest BCUT2D eigenvalue weighted by molar-refractivity contribution is 7.88. The number of piperidine rings is 1. The predicted octanol–water partition coefficient (Wildman–Crippen LogP) is 2.67. The number of benzene rings is 1. The summed E-state index contributed by atoms with van der Waals surface area (Å²) in [5, 5.41) is 0. The van der Waals surface area contributed by atoms with Crippen molar-refractivity contribution >= 4 is 15.9 Å². The van der Waals surface area contributed by atoms with Gasteiger partial charge in [0.1, 0.15) is 5.82 Å². The van der Waals surface area contributed by atoms with Gasteiger partial charge in [0.05, 0.1) is 31.5 Å². The SMILES string of the molecule is CS(=O)(=O)N[C@H]1CCN(C(=O)[C@H]2CCOC2)C[C@H]1COC1CCC(c2cccc(F)c2)CC1. The zero-order valence-electron chi connectivity index (χ0n) is 19.2. The van der Waals surface area contributed by atoms with Gasteiger partial charge in [0, 0.05) is 31.7 Å². The Morgan fingerprint density at radius 2 is 2.00 bits per heavy atom. The van der Waals surface area contributed by atoms with Gasteiger partial charge in [-0.1, -0.05) is 12.1 Å². The van der Waals surface area contributed by atoms with E-state index in [2.05, 4.69) is 4.72 Å². The highest BCUT2D eigenvalue weighted by Gasteiger charge is 2.37. The molecule has 2 saturated heterocycles. The highest BCUT2D eigenvalue weighted by Crippen LogP contribution is 2.35. The summed E-state index contributed by atoms with van der Waals surface area (Å²) >= 11 is 0. The molecule has 3 atom stereocenters. The number of nitrogens with one attached hydrogen (secondary N) is 1. The van der Waals surface area contributed by atoms with E-state index in [1.54, 1.807) is 12.1 Å². The van der Waals surface area contributed by atoms with Gasteiger partial charge in [-0.25, -0.2) is 17.5 Å². The van der Waals surface area contributed by atoms with Gasteiger partial charge in [0.15, 0.2) is 0 Å². The Kier molecular flexibility index (Phi) is 8.04. The summed E-state index contributed by atoms with van der Waals surface area (Å²) in [6.45, 7) is 2.52. The number of hydrogen-bond donors (Lipinski definition) is 1. The van der Waals surface area contributed by atoms with Crippen LogP contribution in [0.25, 0.3) is 0 Å². The molecule has 1 amide bonds. The molecule has 3 aliphatic rings. The first-order chi connectivity index (χ1) is 15.8. The first kappa shape index (κ1) is 24.6. The van der Waals surface area contributed by atoms with Crippen molar-refractivity contribution in [2.45, 2.75) is 56.6 Å². The zero-order valence-corrected chi connectivity index (χ0v) is 20.1. The smallest absolute Gasteiger partial charge is 0.228 e. The van der Waals surface area contributed by atoms with Crippen LogP contribution in [0.2, 0.25) is 0 Å².